The molecule has 0 spiro atoms. The molecule has 1 aromatic heterocycles. The van der Waals surface area contributed by atoms with Gasteiger partial charge in [0.1, 0.15) is 11.6 Å². The number of hydrogen-bond donors (Lipinski definition) is 0. The highest BCUT2D eigenvalue weighted by Crippen LogP contribution is 2.30. The van der Waals surface area contributed by atoms with Crippen molar-refractivity contribution in [2.24, 2.45) is 0 Å². The van der Waals surface area contributed by atoms with Crippen molar-refractivity contribution in [1.82, 2.24) is 9.55 Å². The quantitative estimate of drug-likeness (QED) is 0.800. The molecule has 2 heterocycles. The summed E-state index contributed by atoms with van der Waals surface area (Å²) in [6.45, 7) is 0. The third-order valence-corrected chi connectivity index (χ3v) is 5.41. The van der Waals surface area contributed by atoms with Gasteiger partial charge < -0.3 is 4.57 Å². The van der Waals surface area contributed by atoms with Gasteiger partial charge in [0, 0.05) is 6.07 Å². The van der Waals surface area contributed by atoms with Crippen LogP contribution in [0.1, 0.15) is 18.3 Å². The average Bonchev–Trinajstić information content (AvgIpc) is 2.88. The van der Waals surface area contributed by atoms with E-state index < -0.39 is 9.84 Å². The van der Waals surface area contributed by atoms with E-state index >= 15 is 0 Å². The van der Waals surface area contributed by atoms with Crippen LogP contribution in [-0.4, -0.2) is 29.5 Å². The van der Waals surface area contributed by atoms with E-state index in [0.29, 0.717) is 17.8 Å². The summed E-state index contributed by atoms with van der Waals surface area (Å²) >= 11 is 5.87. The Balaban J connectivity index is 2.16. The zero-order valence-electron chi connectivity index (χ0n) is 10.0. The zero-order chi connectivity index (χ0) is 13.6. The minimum atomic E-state index is -2.99. The molecule has 1 aromatic carbocycles. The molecule has 1 aliphatic rings. The Morgan fingerprint density at radius 1 is 1.47 bits per heavy atom. The molecule has 1 atom stereocenters. The number of hydrogen-bond acceptors (Lipinski definition) is 3. The monoisotopic (exact) mass is 302 g/mol. The smallest absolute Gasteiger partial charge is 0.152 e. The predicted octanol–water partition coefficient (Wildman–Crippen LogP) is 2.27. The topological polar surface area (TPSA) is 52.0 Å². The summed E-state index contributed by atoms with van der Waals surface area (Å²) < 4.78 is 38.2. The number of alkyl halides is 1. The third-order valence-electron chi connectivity index (χ3n) is 3.42. The molecule has 0 N–H and O–H groups in total. The summed E-state index contributed by atoms with van der Waals surface area (Å²) in [5.41, 5.74) is 1.25. The summed E-state index contributed by atoms with van der Waals surface area (Å²) in [5.74, 6) is 0.675. The largest absolute Gasteiger partial charge is 0.323 e. The van der Waals surface area contributed by atoms with Gasteiger partial charge in [0.25, 0.3) is 0 Å². The second-order valence-electron chi connectivity index (χ2n) is 4.72. The van der Waals surface area contributed by atoms with Gasteiger partial charge in [-0.05, 0) is 18.6 Å². The Bertz CT molecular complexity index is 742. The van der Waals surface area contributed by atoms with E-state index in [1.54, 1.807) is 6.07 Å². The van der Waals surface area contributed by atoms with Crippen molar-refractivity contribution in [1.29, 1.82) is 0 Å². The van der Waals surface area contributed by atoms with E-state index in [-0.39, 0.29) is 29.2 Å². The van der Waals surface area contributed by atoms with Gasteiger partial charge in [-0.15, -0.1) is 11.6 Å². The number of imidazole rings is 1. The number of benzene rings is 1. The number of fused-ring (bicyclic) bond motifs is 1. The van der Waals surface area contributed by atoms with Crippen molar-refractivity contribution in [2.75, 3.05) is 11.5 Å². The van der Waals surface area contributed by atoms with E-state index in [4.69, 9.17) is 11.6 Å². The summed E-state index contributed by atoms with van der Waals surface area (Å²) in [5, 5.41) is 0. The third kappa shape index (κ3) is 2.23. The molecular weight excluding hydrogens is 291 g/mol. The van der Waals surface area contributed by atoms with E-state index in [0.717, 1.165) is 5.52 Å². The maximum atomic E-state index is 13.2. The van der Waals surface area contributed by atoms with Crippen molar-refractivity contribution < 1.29 is 12.8 Å². The van der Waals surface area contributed by atoms with Crippen LogP contribution in [0.3, 0.4) is 0 Å². The number of aromatic nitrogens is 2. The summed E-state index contributed by atoms with van der Waals surface area (Å²) in [6, 6.07) is 4.15. The van der Waals surface area contributed by atoms with E-state index in [1.807, 2.05) is 4.57 Å². The number of rotatable bonds is 2. The lowest BCUT2D eigenvalue weighted by Gasteiger charge is -2.14. The molecule has 1 unspecified atom stereocenters. The first kappa shape index (κ1) is 12.9. The number of sulfone groups is 1. The van der Waals surface area contributed by atoms with Gasteiger partial charge in [-0.3, -0.25) is 0 Å². The fourth-order valence-corrected chi connectivity index (χ4v) is 4.49. The van der Waals surface area contributed by atoms with E-state index in [2.05, 4.69) is 4.98 Å². The standard InChI is InChI=1S/C12H12ClFN2O2S/c13-6-12-15-10-5-8(14)1-2-11(10)16(12)9-3-4-19(17,18)7-9/h1-2,5,9H,3-4,6-7H2. The Morgan fingerprint density at radius 3 is 2.89 bits per heavy atom. The van der Waals surface area contributed by atoms with Crippen LogP contribution in [0.5, 0.6) is 0 Å². The normalized spacial score (nSPS) is 22.1. The van der Waals surface area contributed by atoms with Crippen molar-refractivity contribution in [3.05, 3.63) is 29.8 Å². The number of halogens is 2. The van der Waals surface area contributed by atoms with Crippen LogP contribution in [0.15, 0.2) is 18.2 Å². The van der Waals surface area contributed by atoms with Crippen LogP contribution in [0.25, 0.3) is 11.0 Å². The number of nitrogens with zero attached hydrogens (tertiary/aromatic N) is 2. The van der Waals surface area contributed by atoms with Gasteiger partial charge in [-0.1, -0.05) is 0 Å². The van der Waals surface area contributed by atoms with Crippen LogP contribution in [-0.2, 0) is 15.7 Å². The minimum absolute atomic E-state index is 0.0969. The van der Waals surface area contributed by atoms with Crippen molar-refractivity contribution in [3.8, 4) is 0 Å². The lowest BCUT2D eigenvalue weighted by molar-refractivity contribution is 0.554. The Morgan fingerprint density at radius 2 is 2.26 bits per heavy atom. The molecule has 0 radical (unpaired) electrons. The zero-order valence-corrected chi connectivity index (χ0v) is 11.6. The lowest BCUT2D eigenvalue weighted by Crippen LogP contribution is -2.13. The highest BCUT2D eigenvalue weighted by atomic mass is 35.5. The second kappa shape index (κ2) is 4.45. The summed E-state index contributed by atoms with van der Waals surface area (Å²) in [4.78, 5) is 4.28. The van der Waals surface area contributed by atoms with Crippen molar-refractivity contribution in [3.63, 3.8) is 0 Å². The van der Waals surface area contributed by atoms with Crippen LogP contribution in [0.2, 0.25) is 0 Å². The van der Waals surface area contributed by atoms with Crippen molar-refractivity contribution in [2.45, 2.75) is 18.3 Å². The second-order valence-corrected chi connectivity index (χ2v) is 7.22. The SMILES string of the molecule is O=S1(=O)CCC(n2c(CCl)nc3cc(F)ccc32)C1. The van der Waals surface area contributed by atoms with Crippen LogP contribution >= 0.6 is 11.6 Å². The molecule has 0 amide bonds. The first-order valence-corrected chi connectivity index (χ1v) is 8.28. The van der Waals surface area contributed by atoms with Gasteiger partial charge in [0.2, 0.25) is 0 Å². The summed E-state index contributed by atoms with van der Waals surface area (Å²) in [7, 11) is -2.99. The predicted molar refractivity (Wildman–Crippen MR) is 71.6 cm³/mol. The molecule has 0 aliphatic carbocycles. The first-order valence-electron chi connectivity index (χ1n) is 5.93. The highest BCUT2D eigenvalue weighted by molar-refractivity contribution is 7.91. The molecule has 4 nitrogen and oxygen atoms in total. The van der Waals surface area contributed by atoms with Gasteiger partial charge in [0.05, 0.1) is 34.5 Å². The van der Waals surface area contributed by atoms with Crippen LogP contribution in [0, 0.1) is 5.82 Å². The Labute approximate surface area is 115 Å². The van der Waals surface area contributed by atoms with Crippen LogP contribution < -0.4 is 0 Å². The molecule has 3 rings (SSSR count). The minimum Gasteiger partial charge on any atom is -0.323 e. The van der Waals surface area contributed by atoms with E-state index in [1.165, 1.54) is 12.1 Å². The molecule has 1 fully saturated rings. The van der Waals surface area contributed by atoms with E-state index in [9.17, 15) is 12.8 Å². The maximum absolute atomic E-state index is 13.2. The average molecular weight is 303 g/mol. The summed E-state index contributed by atoms with van der Waals surface area (Å²) in [6.07, 6.45) is 0.551. The van der Waals surface area contributed by atoms with Gasteiger partial charge in [0.15, 0.2) is 9.84 Å². The maximum Gasteiger partial charge on any atom is 0.152 e. The highest BCUT2D eigenvalue weighted by Gasteiger charge is 2.31. The molecule has 1 aliphatic heterocycles. The molecule has 7 heteroatoms. The molecule has 1 saturated heterocycles. The first-order chi connectivity index (χ1) is 9.00. The lowest BCUT2D eigenvalue weighted by atomic mass is 10.2. The van der Waals surface area contributed by atoms with Crippen LogP contribution in [0.4, 0.5) is 4.39 Å². The fourth-order valence-electron chi connectivity index (χ4n) is 2.60. The molecule has 2 aromatic rings. The van der Waals surface area contributed by atoms with Crippen molar-refractivity contribution >= 4 is 32.5 Å². The van der Waals surface area contributed by atoms with Gasteiger partial charge in [-0.2, -0.15) is 0 Å². The fraction of sp³-hybridized carbons (Fsp3) is 0.417. The Kier molecular flexibility index (Phi) is 3.02. The molecule has 19 heavy (non-hydrogen) atoms. The molecule has 0 saturated carbocycles. The van der Waals surface area contributed by atoms with Gasteiger partial charge in [-0.25, -0.2) is 17.8 Å². The molecule has 102 valence electrons. The molecular formula is C12H12ClFN2O2S. The Hall–Kier alpha value is -1.14. The van der Waals surface area contributed by atoms with Gasteiger partial charge >= 0.3 is 0 Å². The molecule has 0 bridgehead atoms.